The average Bonchev–Trinajstić information content (AvgIpc) is 2.49. The molecule has 1 heterocycles. The second-order valence-corrected chi connectivity index (χ2v) is 4.60. The highest BCUT2D eigenvalue weighted by Crippen LogP contribution is 2.18. The molecule has 0 spiro atoms. The lowest BCUT2D eigenvalue weighted by Gasteiger charge is -2.10. The number of para-hydroxylation sites is 1. The maximum absolute atomic E-state index is 12.3. The Kier molecular flexibility index (Phi) is 6.85. The van der Waals surface area contributed by atoms with Crippen molar-refractivity contribution in [3.63, 3.8) is 0 Å². The minimum atomic E-state index is -0.134. The highest BCUT2D eigenvalue weighted by atomic mass is 35.5. The summed E-state index contributed by atoms with van der Waals surface area (Å²) in [4.78, 5) is 16.3. The maximum atomic E-state index is 12.3. The van der Waals surface area contributed by atoms with E-state index >= 15 is 0 Å². The van der Waals surface area contributed by atoms with Crippen LogP contribution in [0.3, 0.4) is 0 Å². The molecule has 112 valence electrons. The lowest BCUT2D eigenvalue weighted by Crippen LogP contribution is -2.14. The third kappa shape index (κ3) is 4.55. The van der Waals surface area contributed by atoms with Gasteiger partial charge in [-0.15, -0.1) is 12.4 Å². The van der Waals surface area contributed by atoms with Crippen LogP contribution >= 0.6 is 12.4 Å². The number of rotatable bonds is 5. The van der Waals surface area contributed by atoms with E-state index in [0.717, 1.165) is 24.1 Å². The average molecular weight is 306 g/mol. The highest BCUT2D eigenvalue weighted by Gasteiger charge is 2.09. The number of hydrogen-bond acceptors (Lipinski definition) is 3. The summed E-state index contributed by atoms with van der Waals surface area (Å²) in [6.45, 7) is 2.45. The van der Waals surface area contributed by atoms with E-state index in [4.69, 9.17) is 5.73 Å². The zero-order valence-electron chi connectivity index (χ0n) is 12.0. The molecule has 1 amide bonds. The molecule has 4 nitrogen and oxygen atoms in total. The number of carbonyl (C=O) groups is 1. The Balaban J connectivity index is 0.00000220. The van der Waals surface area contributed by atoms with E-state index in [1.165, 1.54) is 0 Å². The van der Waals surface area contributed by atoms with Crippen LogP contribution in [0.15, 0.2) is 42.6 Å². The molecule has 0 radical (unpaired) electrons. The van der Waals surface area contributed by atoms with E-state index in [0.29, 0.717) is 17.8 Å². The number of anilines is 1. The number of aromatic nitrogens is 1. The molecule has 5 heteroatoms. The fraction of sp³-hybridized carbons (Fsp3) is 0.250. The van der Waals surface area contributed by atoms with Crippen molar-refractivity contribution in [1.82, 2.24) is 4.98 Å². The van der Waals surface area contributed by atoms with Gasteiger partial charge in [-0.05, 0) is 30.2 Å². The fourth-order valence-electron chi connectivity index (χ4n) is 2.06. The first-order chi connectivity index (χ1) is 9.74. The van der Waals surface area contributed by atoms with Gasteiger partial charge in [-0.25, -0.2) is 0 Å². The number of halogens is 1. The Bertz CT molecular complexity index is 602. The first kappa shape index (κ1) is 17.1. The molecule has 0 aliphatic heterocycles. The van der Waals surface area contributed by atoms with Crippen molar-refractivity contribution >= 4 is 24.0 Å². The molecule has 0 aliphatic rings. The van der Waals surface area contributed by atoms with Gasteiger partial charge in [0.25, 0.3) is 5.91 Å². The molecule has 0 bridgehead atoms. The van der Waals surface area contributed by atoms with E-state index in [9.17, 15) is 4.79 Å². The summed E-state index contributed by atoms with van der Waals surface area (Å²) in [5, 5.41) is 2.96. The van der Waals surface area contributed by atoms with Gasteiger partial charge in [-0.2, -0.15) is 0 Å². The molecule has 0 aliphatic carbocycles. The van der Waals surface area contributed by atoms with Crippen LogP contribution in [0.5, 0.6) is 0 Å². The third-order valence-electron chi connectivity index (χ3n) is 3.07. The van der Waals surface area contributed by atoms with Crippen molar-refractivity contribution in [2.45, 2.75) is 26.3 Å². The quantitative estimate of drug-likeness (QED) is 0.891. The smallest absolute Gasteiger partial charge is 0.255 e. The molecule has 1 aromatic heterocycles. The summed E-state index contributed by atoms with van der Waals surface area (Å²) in [7, 11) is 0. The van der Waals surface area contributed by atoms with Gasteiger partial charge >= 0.3 is 0 Å². The van der Waals surface area contributed by atoms with Gasteiger partial charge in [0.15, 0.2) is 0 Å². The lowest BCUT2D eigenvalue weighted by atomic mass is 10.1. The Morgan fingerprint density at radius 1 is 1.29 bits per heavy atom. The molecule has 21 heavy (non-hydrogen) atoms. The molecule has 0 unspecified atom stereocenters. The van der Waals surface area contributed by atoms with Crippen LogP contribution in [0.25, 0.3) is 0 Å². The Hall–Kier alpha value is -1.91. The van der Waals surface area contributed by atoms with Gasteiger partial charge in [0.2, 0.25) is 0 Å². The molecule has 2 aromatic rings. The zero-order valence-corrected chi connectivity index (χ0v) is 12.8. The summed E-state index contributed by atoms with van der Waals surface area (Å²) in [5.41, 5.74) is 8.84. The number of benzene rings is 1. The first-order valence-electron chi connectivity index (χ1n) is 6.79. The highest BCUT2D eigenvalue weighted by molar-refractivity contribution is 6.04. The predicted molar refractivity (Wildman–Crippen MR) is 87.8 cm³/mol. The minimum Gasteiger partial charge on any atom is -0.325 e. The normalized spacial score (nSPS) is 9.81. The van der Waals surface area contributed by atoms with E-state index in [2.05, 4.69) is 17.2 Å². The molecule has 3 N–H and O–H groups in total. The molecule has 1 aromatic carbocycles. The van der Waals surface area contributed by atoms with Crippen LogP contribution in [-0.2, 0) is 13.0 Å². The van der Waals surface area contributed by atoms with Gasteiger partial charge < -0.3 is 11.1 Å². The molecule has 2 rings (SSSR count). The van der Waals surface area contributed by atoms with E-state index in [1.54, 1.807) is 18.3 Å². The van der Waals surface area contributed by atoms with Crippen molar-refractivity contribution in [3.05, 3.63) is 59.4 Å². The molecular formula is C16H20ClN3O. The standard InChI is InChI=1S/C16H19N3O.ClH/c1-2-5-12-6-3-4-7-15(12)19-16(20)13-8-9-18-14(10-13)11-17;/h3-4,6-10H,2,5,11,17H2,1H3,(H,19,20);1H. The van der Waals surface area contributed by atoms with E-state index < -0.39 is 0 Å². The van der Waals surface area contributed by atoms with Crippen molar-refractivity contribution in [3.8, 4) is 0 Å². The van der Waals surface area contributed by atoms with Gasteiger partial charge in [0, 0.05) is 24.0 Å². The molecule has 0 fully saturated rings. The fourth-order valence-corrected chi connectivity index (χ4v) is 2.06. The number of hydrogen-bond donors (Lipinski definition) is 2. The van der Waals surface area contributed by atoms with Crippen LogP contribution in [0, 0.1) is 0 Å². The number of amides is 1. The number of carbonyl (C=O) groups excluding carboxylic acids is 1. The van der Waals surface area contributed by atoms with Gasteiger partial charge in [0.05, 0.1) is 5.69 Å². The minimum absolute atomic E-state index is 0. The Labute approximate surface area is 131 Å². The number of nitrogens with one attached hydrogen (secondary N) is 1. The third-order valence-corrected chi connectivity index (χ3v) is 3.07. The largest absolute Gasteiger partial charge is 0.325 e. The maximum Gasteiger partial charge on any atom is 0.255 e. The molecular weight excluding hydrogens is 286 g/mol. The number of pyridine rings is 1. The van der Waals surface area contributed by atoms with Gasteiger partial charge in [-0.3, -0.25) is 9.78 Å². The van der Waals surface area contributed by atoms with Crippen LogP contribution in [-0.4, -0.2) is 10.9 Å². The lowest BCUT2D eigenvalue weighted by molar-refractivity contribution is 0.102. The summed E-state index contributed by atoms with van der Waals surface area (Å²) in [6.07, 6.45) is 3.59. The Morgan fingerprint density at radius 3 is 2.76 bits per heavy atom. The number of nitrogens with zero attached hydrogens (tertiary/aromatic N) is 1. The summed E-state index contributed by atoms with van der Waals surface area (Å²) in [5.74, 6) is -0.134. The van der Waals surface area contributed by atoms with Crippen molar-refractivity contribution in [1.29, 1.82) is 0 Å². The number of nitrogens with two attached hydrogens (primary N) is 1. The van der Waals surface area contributed by atoms with Crippen LogP contribution < -0.4 is 11.1 Å². The van der Waals surface area contributed by atoms with Crippen molar-refractivity contribution in [2.24, 2.45) is 5.73 Å². The molecule has 0 atom stereocenters. The van der Waals surface area contributed by atoms with Gasteiger partial charge in [0.1, 0.15) is 0 Å². The van der Waals surface area contributed by atoms with E-state index in [-0.39, 0.29) is 18.3 Å². The molecule has 0 saturated carbocycles. The monoisotopic (exact) mass is 305 g/mol. The Morgan fingerprint density at radius 2 is 2.05 bits per heavy atom. The van der Waals surface area contributed by atoms with Crippen LogP contribution in [0.2, 0.25) is 0 Å². The van der Waals surface area contributed by atoms with Crippen LogP contribution in [0.1, 0.15) is 35.0 Å². The van der Waals surface area contributed by atoms with Gasteiger partial charge in [-0.1, -0.05) is 31.5 Å². The van der Waals surface area contributed by atoms with Crippen molar-refractivity contribution in [2.75, 3.05) is 5.32 Å². The predicted octanol–water partition coefficient (Wildman–Crippen LogP) is 3.17. The number of aryl methyl sites for hydroxylation is 1. The summed E-state index contributed by atoms with van der Waals surface area (Å²) < 4.78 is 0. The summed E-state index contributed by atoms with van der Waals surface area (Å²) >= 11 is 0. The SMILES string of the molecule is CCCc1ccccc1NC(=O)c1ccnc(CN)c1.Cl. The van der Waals surface area contributed by atoms with Crippen LogP contribution in [0.4, 0.5) is 5.69 Å². The topological polar surface area (TPSA) is 68.0 Å². The molecule has 0 saturated heterocycles. The second-order valence-electron chi connectivity index (χ2n) is 4.60. The second kappa shape index (κ2) is 8.39. The first-order valence-corrected chi connectivity index (χ1v) is 6.79. The summed E-state index contributed by atoms with van der Waals surface area (Å²) in [6, 6.07) is 11.3. The van der Waals surface area contributed by atoms with E-state index in [1.807, 2.05) is 24.3 Å². The van der Waals surface area contributed by atoms with Crippen molar-refractivity contribution < 1.29 is 4.79 Å². The zero-order chi connectivity index (χ0) is 14.4.